The Kier molecular flexibility index (Phi) is 5.49. The van der Waals surface area contributed by atoms with Crippen LogP contribution >= 0.6 is 0 Å². The third-order valence-electron chi connectivity index (χ3n) is 5.82. The number of carbonyl (C=O) groups excluding carboxylic acids is 1. The van der Waals surface area contributed by atoms with Gasteiger partial charge in [-0.25, -0.2) is 9.97 Å². The Balaban J connectivity index is 1.61. The highest BCUT2D eigenvalue weighted by atomic mass is 16.1. The molecule has 4 heterocycles. The molecule has 1 aliphatic rings. The molecule has 1 aliphatic heterocycles. The van der Waals surface area contributed by atoms with Crippen LogP contribution in [0, 0.1) is 23.2 Å². The number of hydrogen-bond donors (Lipinski definition) is 3. The molecule has 0 radical (unpaired) electrons. The lowest BCUT2D eigenvalue weighted by molar-refractivity contribution is -0.125. The molecule has 1 amide bonds. The van der Waals surface area contributed by atoms with Gasteiger partial charge in [-0.3, -0.25) is 4.79 Å². The van der Waals surface area contributed by atoms with E-state index in [-0.39, 0.29) is 17.9 Å². The second kappa shape index (κ2) is 8.21. The fourth-order valence-corrected chi connectivity index (χ4v) is 4.09. The van der Waals surface area contributed by atoms with Gasteiger partial charge in [0.1, 0.15) is 17.0 Å². The summed E-state index contributed by atoms with van der Waals surface area (Å²) < 4.78 is 0. The highest BCUT2D eigenvalue weighted by Crippen LogP contribution is 2.32. The zero-order chi connectivity index (χ0) is 20.4. The van der Waals surface area contributed by atoms with Gasteiger partial charge in [-0.05, 0) is 37.9 Å². The van der Waals surface area contributed by atoms with Gasteiger partial charge in [-0.15, -0.1) is 0 Å². The van der Waals surface area contributed by atoms with Crippen molar-refractivity contribution in [2.75, 3.05) is 19.6 Å². The van der Waals surface area contributed by atoms with E-state index in [0.29, 0.717) is 12.3 Å². The summed E-state index contributed by atoms with van der Waals surface area (Å²) >= 11 is 0. The van der Waals surface area contributed by atoms with Crippen molar-refractivity contribution >= 4 is 28.0 Å². The van der Waals surface area contributed by atoms with Gasteiger partial charge in [-0.2, -0.15) is 5.26 Å². The quantitative estimate of drug-likeness (QED) is 0.596. The normalized spacial score (nSPS) is 17.0. The monoisotopic (exact) mass is 393 g/mol. The maximum atomic E-state index is 12.5. The molecule has 3 N–H and O–H groups in total. The van der Waals surface area contributed by atoms with Gasteiger partial charge in [0.15, 0.2) is 0 Å². The standard InChI is InChI=1S/C21H27N7O/c1-13(2)21(29)27-17(14-5-10-28(11-6-14)9-3-7-22)20-25-16-12-24-19-15(4-8-23-19)18(16)26-20/h4,8,12-14,17H,3,5-6,9-11H2,1-2H3,(H,23,24)(H,25,26)(H,27,29). The minimum absolute atomic E-state index is 0.0345. The van der Waals surface area contributed by atoms with Crippen LogP contribution in [0.1, 0.15) is 45.0 Å². The summed E-state index contributed by atoms with van der Waals surface area (Å²) in [5.74, 6) is 1.04. The Morgan fingerprint density at radius 3 is 2.93 bits per heavy atom. The van der Waals surface area contributed by atoms with Crippen LogP contribution in [0.3, 0.4) is 0 Å². The average molecular weight is 393 g/mol. The molecule has 1 unspecified atom stereocenters. The third-order valence-corrected chi connectivity index (χ3v) is 5.82. The van der Waals surface area contributed by atoms with Crippen LogP contribution in [0.4, 0.5) is 0 Å². The minimum atomic E-state index is -0.163. The molecule has 0 aliphatic carbocycles. The Hall–Kier alpha value is -2.92. The lowest BCUT2D eigenvalue weighted by Crippen LogP contribution is -2.42. The Labute approximate surface area is 169 Å². The SMILES string of the molecule is CC(C)C(=O)NC(c1nc2cnc3[nH]ccc3c2[nH]1)C1CCN(CCC#N)CC1. The molecule has 3 aromatic rings. The zero-order valence-electron chi connectivity index (χ0n) is 16.9. The molecule has 152 valence electrons. The van der Waals surface area contributed by atoms with Gasteiger partial charge in [0.2, 0.25) is 5.91 Å². The maximum absolute atomic E-state index is 12.5. The first-order valence-electron chi connectivity index (χ1n) is 10.3. The fraction of sp³-hybridized carbons (Fsp3) is 0.524. The first kappa shape index (κ1) is 19.4. The Morgan fingerprint density at radius 1 is 1.41 bits per heavy atom. The predicted octanol–water partition coefficient (Wildman–Crippen LogP) is 2.88. The lowest BCUT2D eigenvalue weighted by Gasteiger charge is -2.35. The number of carbonyl (C=O) groups is 1. The molecule has 8 heteroatoms. The summed E-state index contributed by atoms with van der Waals surface area (Å²) in [6, 6.07) is 4.04. The smallest absolute Gasteiger partial charge is 0.223 e. The topological polar surface area (TPSA) is 113 Å². The first-order chi connectivity index (χ1) is 14.1. The number of nitrogens with zero attached hydrogens (tertiary/aromatic N) is 4. The molecule has 1 fully saturated rings. The minimum Gasteiger partial charge on any atom is -0.346 e. The van der Waals surface area contributed by atoms with Crippen LogP contribution in [0.2, 0.25) is 0 Å². The molecule has 0 aromatic carbocycles. The van der Waals surface area contributed by atoms with Gasteiger partial charge < -0.3 is 20.2 Å². The van der Waals surface area contributed by atoms with Crippen LogP contribution in [-0.4, -0.2) is 50.4 Å². The van der Waals surface area contributed by atoms with Crippen LogP contribution in [0.25, 0.3) is 22.1 Å². The number of piperidine rings is 1. The molecule has 29 heavy (non-hydrogen) atoms. The van der Waals surface area contributed by atoms with Crippen LogP contribution in [0.15, 0.2) is 18.5 Å². The summed E-state index contributed by atoms with van der Waals surface area (Å²) in [5, 5.41) is 13.1. The van der Waals surface area contributed by atoms with Crippen LogP contribution in [0.5, 0.6) is 0 Å². The van der Waals surface area contributed by atoms with Gasteiger partial charge >= 0.3 is 0 Å². The highest BCUT2D eigenvalue weighted by Gasteiger charge is 2.31. The molecular weight excluding hydrogens is 366 g/mol. The number of amides is 1. The second-order valence-electron chi connectivity index (χ2n) is 8.11. The number of H-pyrrole nitrogens is 2. The van der Waals surface area contributed by atoms with E-state index in [0.717, 1.165) is 60.4 Å². The van der Waals surface area contributed by atoms with Crippen molar-refractivity contribution in [3.8, 4) is 6.07 Å². The van der Waals surface area contributed by atoms with E-state index in [1.54, 1.807) is 6.20 Å². The van der Waals surface area contributed by atoms with E-state index in [1.165, 1.54) is 0 Å². The molecular formula is C21H27N7O. The summed E-state index contributed by atoms with van der Waals surface area (Å²) in [5.41, 5.74) is 2.57. The number of aromatic amines is 2. The Bertz CT molecular complexity index is 1040. The number of fused-ring (bicyclic) bond motifs is 3. The number of aromatic nitrogens is 4. The molecule has 0 spiro atoms. The number of likely N-dealkylation sites (tertiary alicyclic amines) is 1. The van der Waals surface area contributed by atoms with Crippen molar-refractivity contribution in [2.45, 2.75) is 39.2 Å². The van der Waals surface area contributed by atoms with Gasteiger partial charge in [0.25, 0.3) is 0 Å². The summed E-state index contributed by atoms with van der Waals surface area (Å²) in [6.07, 6.45) is 6.11. The van der Waals surface area contributed by atoms with Crippen molar-refractivity contribution < 1.29 is 4.79 Å². The largest absolute Gasteiger partial charge is 0.346 e. The first-order valence-corrected chi connectivity index (χ1v) is 10.3. The molecule has 0 saturated carbocycles. The van der Waals surface area contributed by atoms with E-state index in [1.807, 2.05) is 26.1 Å². The summed E-state index contributed by atoms with van der Waals surface area (Å²) in [4.78, 5) is 30.7. The maximum Gasteiger partial charge on any atom is 0.223 e. The molecule has 1 atom stereocenters. The number of pyridine rings is 1. The van der Waals surface area contributed by atoms with E-state index in [9.17, 15) is 4.79 Å². The number of nitrogens with one attached hydrogen (secondary N) is 3. The van der Waals surface area contributed by atoms with Crippen molar-refractivity contribution in [3.05, 3.63) is 24.3 Å². The predicted molar refractivity (Wildman–Crippen MR) is 111 cm³/mol. The van der Waals surface area contributed by atoms with E-state index >= 15 is 0 Å². The van der Waals surface area contributed by atoms with Crippen LogP contribution in [-0.2, 0) is 4.79 Å². The van der Waals surface area contributed by atoms with E-state index < -0.39 is 0 Å². The second-order valence-corrected chi connectivity index (χ2v) is 8.11. The molecule has 3 aromatic heterocycles. The summed E-state index contributed by atoms with van der Waals surface area (Å²) in [6.45, 7) is 6.49. The number of hydrogen-bond acceptors (Lipinski definition) is 5. The van der Waals surface area contributed by atoms with Crippen molar-refractivity contribution in [2.24, 2.45) is 11.8 Å². The summed E-state index contributed by atoms with van der Waals surface area (Å²) in [7, 11) is 0. The van der Waals surface area contributed by atoms with Crippen LogP contribution < -0.4 is 5.32 Å². The van der Waals surface area contributed by atoms with Gasteiger partial charge in [0.05, 0.1) is 23.8 Å². The van der Waals surface area contributed by atoms with E-state index in [2.05, 4.69) is 31.2 Å². The third kappa shape index (κ3) is 3.96. The fourth-order valence-electron chi connectivity index (χ4n) is 4.09. The molecule has 8 nitrogen and oxygen atoms in total. The van der Waals surface area contributed by atoms with Gasteiger partial charge in [-0.1, -0.05) is 13.8 Å². The molecule has 4 rings (SSSR count). The van der Waals surface area contributed by atoms with Crippen molar-refractivity contribution in [3.63, 3.8) is 0 Å². The number of rotatable bonds is 6. The highest BCUT2D eigenvalue weighted by molar-refractivity contribution is 6.00. The number of imidazole rings is 1. The Morgan fingerprint density at radius 2 is 2.21 bits per heavy atom. The average Bonchev–Trinajstić information content (AvgIpc) is 3.36. The van der Waals surface area contributed by atoms with Gasteiger partial charge in [0, 0.05) is 30.5 Å². The van der Waals surface area contributed by atoms with Crippen molar-refractivity contribution in [1.82, 2.24) is 30.2 Å². The molecule has 0 bridgehead atoms. The lowest BCUT2D eigenvalue weighted by atomic mass is 9.88. The van der Waals surface area contributed by atoms with E-state index in [4.69, 9.17) is 10.2 Å². The number of nitriles is 1. The van der Waals surface area contributed by atoms with Crippen molar-refractivity contribution in [1.29, 1.82) is 5.26 Å². The zero-order valence-corrected chi connectivity index (χ0v) is 16.9. The molecule has 1 saturated heterocycles.